The van der Waals surface area contributed by atoms with E-state index in [4.69, 9.17) is 0 Å². The van der Waals surface area contributed by atoms with Gasteiger partial charge in [-0.05, 0) is 18.6 Å². The monoisotopic (exact) mass is 175 g/mol. The van der Waals surface area contributed by atoms with Crippen LogP contribution in [-0.4, -0.2) is 30.2 Å². The van der Waals surface area contributed by atoms with Crippen molar-refractivity contribution in [1.29, 1.82) is 0 Å². The van der Waals surface area contributed by atoms with E-state index in [1.54, 1.807) is 0 Å². The zero-order valence-electron chi connectivity index (χ0n) is 7.48. The van der Waals surface area contributed by atoms with Gasteiger partial charge in [-0.3, -0.25) is 0 Å². The first-order valence-corrected chi connectivity index (χ1v) is 4.84. The van der Waals surface area contributed by atoms with Gasteiger partial charge >= 0.3 is 0 Å². The highest BCUT2D eigenvalue weighted by atomic mass is 15.3. The number of nitrogens with one attached hydrogen (secondary N) is 1. The van der Waals surface area contributed by atoms with Gasteiger partial charge in [0.05, 0.1) is 0 Å². The van der Waals surface area contributed by atoms with Crippen LogP contribution in [0.5, 0.6) is 0 Å². The van der Waals surface area contributed by atoms with E-state index in [2.05, 4.69) is 27.3 Å². The smallest absolute Gasteiger partial charge is 0.128 e. The summed E-state index contributed by atoms with van der Waals surface area (Å²) in [6, 6.07) is 7.50. The molecule has 0 spiro atoms. The summed E-state index contributed by atoms with van der Waals surface area (Å²) in [7, 11) is 0. The Morgan fingerprint density at radius 3 is 3.08 bits per heavy atom. The van der Waals surface area contributed by atoms with Gasteiger partial charge in [-0.1, -0.05) is 6.07 Å². The molecule has 1 aromatic heterocycles. The predicted octanol–water partition coefficient (Wildman–Crippen LogP) is 0.632. The van der Waals surface area contributed by atoms with Gasteiger partial charge in [-0.15, -0.1) is 0 Å². The second kappa shape index (κ2) is 2.70. The first-order valence-electron chi connectivity index (χ1n) is 4.84. The lowest BCUT2D eigenvalue weighted by Gasteiger charge is -2.28. The van der Waals surface area contributed by atoms with Crippen molar-refractivity contribution in [2.75, 3.05) is 18.0 Å². The van der Waals surface area contributed by atoms with E-state index in [0.29, 0.717) is 12.1 Å². The Labute approximate surface area is 77.8 Å². The molecular weight excluding hydrogens is 162 g/mol. The molecule has 2 atom stereocenters. The molecule has 2 fully saturated rings. The Morgan fingerprint density at radius 2 is 2.46 bits per heavy atom. The molecule has 0 unspecified atom stereocenters. The van der Waals surface area contributed by atoms with Crippen molar-refractivity contribution in [3.05, 3.63) is 24.4 Å². The molecule has 3 heteroatoms. The number of fused-ring (bicyclic) bond motifs is 2. The molecule has 2 aliphatic heterocycles. The lowest BCUT2D eigenvalue weighted by Crippen LogP contribution is -2.43. The van der Waals surface area contributed by atoms with E-state index < -0.39 is 0 Å². The van der Waals surface area contributed by atoms with Gasteiger partial charge in [0.2, 0.25) is 0 Å². The van der Waals surface area contributed by atoms with Crippen molar-refractivity contribution in [3.8, 4) is 0 Å². The van der Waals surface area contributed by atoms with E-state index in [0.717, 1.165) is 18.9 Å². The van der Waals surface area contributed by atoms with E-state index in [-0.39, 0.29) is 0 Å². The van der Waals surface area contributed by atoms with Gasteiger partial charge < -0.3 is 10.2 Å². The average Bonchev–Trinajstić information content (AvgIpc) is 2.80. The third kappa shape index (κ3) is 1.11. The second-order valence-corrected chi connectivity index (χ2v) is 3.83. The second-order valence-electron chi connectivity index (χ2n) is 3.83. The van der Waals surface area contributed by atoms with E-state index in [9.17, 15) is 0 Å². The summed E-state index contributed by atoms with van der Waals surface area (Å²) in [5.41, 5.74) is 0. The molecule has 68 valence electrons. The summed E-state index contributed by atoms with van der Waals surface area (Å²) in [5, 5.41) is 3.49. The summed E-state index contributed by atoms with van der Waals surface area (Å²) >= 11 is 0. The quantitative estimate of drug-likeness (QED) is 0.678. The first kappa shape index (κ1) is 7.33. The van der Waals surface area contributed by atoms with Gasteiger partial charge in [0.1, 0.15) is 5.82 Å². The predicted molar refractivity (Wildman–Crippen MR) is 51.8 cm³/mol. The third-order valence-electron chi connectivity index (χ3n) is 3.00. The molecule has 2 bridgehead atoms. The Hall–Kier alpha value is -1.09. The highest BCUT2D eigenvalue weighted by molar-refractivity contribution is 5.42. The van der Waals surface area contributed by atoms with E-state index >= 15 is 0 Å². The van der Waals surface area contributed by atoms with Crippen molar-refractivity contribution in [2.24, 2.45) is 0 Å². The number of rotatable bonds is 1. The largest absolute Gasteiger partial charge is 0.351 e. The summed E-state index contributed by atoms with van der Waals surface area (Å²) in [6.07, 6.45) is 3.16. The molecule has 3 rings (SSSR count). The minimum absolute atomic E-state index is 0.680. The lowest BCUT2D eigenvalue weighted by molar-refractivity contribution is 0.576. The van der Waals surface area contributed by atoms with Crippen LogP contribution < -0.4 is 10.2 Å². The minimum atomic E-state index is 0.680. The molecule has 1 aromatic rings. The third-order valence-corrected chi connectivity index (χ3v) is 3.00. The van der Waals surface area contributed by atoms with Gasteiger partial charge in [0, 0.05) is 31.4 Å². The molecule has 0 aromatic carbocycles. The molecule has 0 aliphatic carbocycles. The maximum absolute atomic E-state index is 4.38. The van der Waals surface area contributed by atoms with E-state index in [1.807, 2.05) is 12.3 Å². The van der Waals surface area contributed by atoms with Crippen molar-refractivity contribution in [1.82, 2.24) is 10.3 Å². The van der Waals surface area contributed by atoms with E-state index in [1.165, 1.54) is 6.42 Å². The van der Waals surface area contributed by atoms with Crippen molar-refractivity contribution in [2.45, 2.75) is 18.5 Å². The fourth-order valence-electron chi connectivity index (χ4n) is 2.37. The van der Waals surface area contributed by atoms with Gasteiger partial charge in [0.25, 0.3) is 0 Å². The molecule has 2 saturated heterocycles. The highest BCUT2D eigenvalue weighted by Crippen LogP contribution is 2.27. The summed E-state index contributed by atoms with van der Waals surface area (Å²) in [4.78, 5) is 6.80. The van der Waals surface area contributed by atoms with Crippen LogP contribution in [-0.2, 0) is 0 Å². The number of nitrogens with zero attached hydrogens (tertiary/aromatic N) is 2. The van der Waals surface area contributed by atoms with Crippen LogP contribution >= 0.6 is 0 Å². The van der Waals surface area contributed by atoms with Crippen LogP contribution in [0.2, 0.25) is 0 Å². The van der Waals surface area contributed by atoms with Crippen LogP contribution in [0.15, 0.2) is 24.4 Å². The molecule has 3 nitrogen and oxygen atoms in total. The van der Waals surface area contributed by atoms with Crippen LogP contribution in [0.3, 0.4) is 0 Å². The zero-order chi connectivity index (χ0) is 8.67. The SMILES string of the molecule is c1ccc(N2C[C@H]3C[C@@H]2CN3)nc1. The summed E-state index contributed by atoms with van der Waals surface area (Å²) in [6.45, 7) is 2.25. The number of anilines is 1. The zero-order valence-corrected chi connectivity index (χ0v) is 7.48. The van der Waals surface area contributed by atoms with Crippen molar-refractivity contribution in [3.63, 3.8) is 0 Å². The topological polar surface area (TPSA) is 28.2 Å². The number of hydrogen-bond donors (Lipinski definition) is 1. The number of piperazine rings is 1. The molecule has 3 heterocycles. The molecule has 2 aliphatic rings. The molecular formula is C10H13N3. The molecule has 0 amide bonds. The van der Waals surface area contributed by atoms with Crippen LogP contribution in [0.1, 0.15) is 6.42 Å². The molecule has 0 saturated carbocycles. The molecule has 13 heavy (non-hydrogen) atoms. The minimum Gasteiger partial charge on any atom is -0.351 e. The first-order chi connectivity index (χ1) is 6.43. The maximum atomic E-state index is 4.38. The van der Waals surface area contributed by atoms with Gasteiger partial charge in [-0.2, -0.15) is 0 Å². The Bertz CT molecular complexity index is 298. The van der Waals surface area contributed by atoms with Crippen LogP contribution in [0.4, 0.5) is 5.82 Å². The fourth-order valence-corrected chi connectivity index (χ4v) is 2.37. The summed E-state index contributed by atoms with van der Waals surface area (Å²) in [5.74, 6) is 1.14. The lowest BCUT2D eigenvalue weighted by atomic mass is 10.2. The highest BCUT2D eigenvalue weighted by Gasteiger charge is 2.37. The van der Waals surface area contributed by atoms with Crippen molar-refractivity contribution >= 4 is 5.82 Å². The summed E-state index contributed by atoms with van der Waals surface area (Å²) < 4.78 is 0. The number of aromatic nitrogens is 1. The Morgan fingerprint density at radius 1 is 1.46 bits per heavy atom. The Kier molecular flexibility index (Phi) is 1.52. The van der Waals surface area contributed by atoms with Crippen molar-refractivity contribution < 1.29 is 0 Å². The molecule has 0 radical (unpaired) electrons. The molecule has 1 N–H and O–H groups in total. The Balaban J connectivity index is 1.87. The standard InChI is InChI=1S/C10H13N3/c1-2-4-11-10(3-1)13-7-8-5-9(13)6-12-8/h1-4,8-9,12H,5-7H2/t8-,9-/m1/s1. The fraction of sp³-hybridized carbons (Fsp3) is 0.500. The van der Waals surface area contributed by atoms with Gasteiger partial charge in [0.15, 0.2) is 0 Å². The van der Waals surface area contributed by atoms with Crippen LogP contribution in [0, 0.1) is 0 Å². The normalized spacial score (nSPS) is 31.2. The van der Waals surface area contributed by atoms with Gasteiger partial charge in [-0.25, -0.2) is 4.98 Å². The number of hydrogen-bond acceptors (Lipinski definition) is 3. The average molecular weight is 175 g/mol. The number of pyridine rings is 1. The van der Waals surface area contributed by atoms with Crippen LogP contribution in [0.25, 0.3) is 0 Å². The maximum Gasteiger partial charge on any atom is 0.128 e.